The van der Waals surface area contributed by atoms with Gasteiger partial charge >= 0.3 is 0 Å². The monoisotopic (exact) mass is 310 g/mol. The van der Waals surface area contributed by atoms with Crippen LogP contribution < -0.4 is 0 Å². The van der Waals surface area contributed by atoms with Crippen LogP contribution in [0, 0.1) is 10.1 Å². The van der Waals surface area contributed by atoms with Gasteiger partial charge < -0.3 is 4.74 Å². The Labute approximate surface area is 124 Å². The molecular weight excluding hydrogens is 296 g/mol. The smallest absolute Gasteiger partial charge is 0.270 e. The minimum absolute atomic E-state index is 0.119. The zero-order valence-corrected chi connectivity index (χ0v) is 12.4. The van der Waals surface area contributed by atoms with Crippen LogP contribution >= 0.6 is 23.1 Å². The van der Waals surface area contributed by atoms with Gasteiger partial charge in [0.05, 0.1) is 21.2 Å². The first-order chi connectivity index (χ1) is 9.72. The Morgan fingerprint density at radius 2 is 2.40 bits per heavy atom. The van der Waals surface area contributed by atoms with E-state index in [1.807, 2.05) is 0 Å². The van der Waals surface area contributed by atoms with E-state index in [-0.39, 0.29) is 10.6 Å². The fraction of sp³-hybridized carbons (Fsp3) is 0.462. The van der Waals surface area contributed by atoms with Gasteiger partial charge in [0.15, 0.2) is 4.34 Å². The number of benzene rings is 1. The van der Waals surface area contributed by atoms with Crippen molar-refractivity contribution in [1.82, 2.24) is 4.98 Å². The summed E-state index contributed by atoms with van der Waals surface area (Å²) >= 11 is 3.19. The molecule has 0 saturated carbocycles. The van der Waals surface area contributed by atoms with Crippen molar-refractivity contribution >= 4 is 39.0 Å². The number of fused-ring (bicyclic) bond motifs is 1. The molecule has 0 unspecified atom stereocenters. The highest BCUT2D eigenvalue weighted by Crippen LogP contribution is 2.33. The molecule has 0 N–H and O–H groups in total. The third-order valence-electron chi connectivity index (χ3n) is 3.23. The Bertz CT molecular complexity index is 623. The van der Waals surface area contributed by atoms with Crippen molar-refractivity contribution in [2.45, 2.75) is 29.7 Å². The SMILES string of the molecule is O=[N+]([O-])c1ccc2nc(SC[C@H]3CCCCO3)sc2c1. The Kier molecular flexibility index (Phi) is 4.18. The average Bonchev–Trinajstić information content (AvgIpc) is 2.88. The molecule has 1 aromatic heterocycles. The summed E-state index contributed by atoms with van der Waals surface area (Å²) in [5.74, 6) is 0.905. The van der Waals surface area contributed by atoms with E-state index in [0.29, 0.717) is 6.10 Å². The molecule has 1 aliphatic rings. The summed E-state index contributed by atoms with van der Waals surface area (Å²) in [6.45, 7) is 0.858. The maximum Gasteiger partial charge on any atom is 0.270 e. The summed E-state index contributed by atoms with van der Waals surface area (Å²) in [7, 11) is 0. The molecule has 1 atom stereocenters. The third kappa shape index (κ3) is 3.11. The largest absolute Gasteiger partial charge is 0.377 e. The number of rotatable bonds is 4. The quantitative estimate of drug-likeness (QED) is 0.487. The predicted octanol–water partition coefficient (Wildman–Crippen LogP) is 3.87. The number of hydrogen-bond acceptors (Lipinski definition) is 6. The number of ether oxygens (including phenoxy) is 1. The maximum absolute atomic E-state index is 10.8. The number of nitro benzene ring substituents is 1. The number of nitro groups is 1. The number of hydrogen-bond donors (Lipinski definition) is 0. The number of non-ortho nitro benzene ring substituents is 1. The molecule has 3 rings (SSSR count). The normalized spacial score (nSPS) is 19.3. The molecule has 0 radical (unpaired) electrons. The van der Waals surface area contributed by atoms with Crippen LogP contribution in [-0.4, -0.2) is 28.4 Å². The molecular formula is C13H14N2O3S2. The van der Waals surface area contributed by atoms with Crippen molar-refractivity contribution in [3.05, 3.63) is 28.3 Å². The lowest BCUT2D eigenvalue weighted by Gasteiger charge is -2.21. The summed E-state index contributed by atoms with van der Waals surface area (Å²) in [6.07, 6.45) is 3.82. The van der Waals surface area contributed by atoms with E-state index >= 15 is 0 Å². The molecule has 5 nitrogen and oxygen atoms in total. The minimum Gasteiger partial charge on any atom is -0.377 e. The lowest BCUT2D eigenvalue weighted by atomic mass is 10.1. The summed E-state index contributed by atoms with van der Waals surface area (Å²) < 4.78 is 7.51. The van der Waals surface area contributed by atoms with Crippen LogP contribution in [0.15, 0.2) is 22.5 Å². The van der Waals surface area contributed by atoms with Crippen molar-refractivity contribution in [2.24, 2.45) is 0 Å². The van der Waals surface area contributed by atoms with Crippen LogP contribution in [0.3, 0.4) is 0 Å². The van der Waals surface area contributed by atoms with E-state index < -0.39 is 0 Å². The molecule has 1 aliphatic heterocycles. The maximum atomic E-state index is 10.8. The van der Waals surface area contributed by atoms with Gasteiger partial charge in [-0.15, -0.1) is 11.3 Å². The second kappa shape index (κ2) is 6.07. The molecule has 106 valence electrons. The fourth-order valence-corrected chi connectivity index (χ4v) is 4.36. The summed E-state index contributed by atoms with van der Waals surface area (Å²) in [6, 6.07) is 4.81. The third-order valence-corrected chi connectivity index (χ3v) is 5.52. The van der Waals surface area contributed by atoms with Gasteiger partial charge in [0, 0.05) is 24.5 Å². The summed E-state index contributed by atoms with van der Waals surface area (Å²) in [4.78, 5) is 14.9. The van der Waals surface area contributed by atoms with Crippen molar-refractivity contribution in [2.75, 3.05) is 12.4 Å². The van der Waals surface area contributed by atoms with Crippen LogP contribution in [0.25, 0.3) is 10.2 Å². The Morgan fingerprint density at radius 1 is 1.50 bits per heavy atom. The average molecular weight is 310 g/mol. The highest BCUT2D eigenvalue weighted by Gasteiger charge is 2.16. The van der Waals surface area contributed by atoms with Crippen molar-refractivity contribution < 1.29 is 9.66 Å². The standard InChI is InChI=1S/C13H14N2O3S2/c16-15(17)9-4-5-11-12(7-9)20-13(14-11)19-8-10-3-1-2-6-18-10/h4-5,7,10H,1-3,6,8H2/t10-/m1/s1. The van der Waals surface area contributed by atoms with Gasteiger partial charge in [0.2, 0.25) is 0 Å². The topological polar surface area (TPSA) is 65.3 Å². The van der Waals surface area contributed by atoms with Crippen LogP contribution in [0.2, 0.25) is 0 Å². The number of aromatic nitrogens is 1. The van der Waals surface area contributed by atoms with E-state index in [0.717, 1.165) is 39.8 Å². The second-order valence-electron chi connectivity index (χ2n) is 4.69. The minimum atomic E-state index is -0.373. The molecule has 0 spiro atoms. The van der Waals surface area contributed by atoms with Gasteiger partial charge in [-0.1, -0.05) is 11.8 Å². The van der Waals surface area contributed by atoms with Crippen molar-refractivity contribution in [3.63, 3.8) is 0 Å². The van der Waals surface area contributed by atoms with Gasteiger partial charge in [-0.25, -0.2) is 4.98 Å². The predicted molar refractivity (Wildman–Crippen MR) is 80.6 cm³/mol. The lowest BCUT2D eigenvalue weighted by Crippen LogP contribution is -2.21. The van der Waals surface area contributed by atoms with Crippen LogP contribution in [0.5, 0.6) is 0 Å². The molecule has 1 saturated heterocycles. The first-order valence-corrected chi connectivity index (χ1v) is 8.32. The Hall–Kier alpha value is -1.18. The molecule has 0 amide bonds. The van der Waals surface area contributed by atoms with Gasteiger partial charge in [-0.3, -0.25) is 10.1 Å². The molecule has 2 heterocycles. The van der Waals surface area contributed by atoms with Crippen molar-refractivity contribution in [3.8, 4) is 0 Å². The Morgan fingerprint density at radius 3 is 3.15 bits per heavy atom. The van der Waals surface area contributed by atoms with E-state index in [9.17, 15) is 10.1 Å². The molecule has 0 bridgehead atoms. The zero-order chi connectivity index (χ0) is 13.9. The molecule has 1 aromatic carbocycles. The second-order valence-corrected chi connectivity index (χ2v) is 6.99. The number of thioether (sulfide) groups is 1. The first-order valence-electron chi connectivity index (χ1n) is 6.52. The van der Waals surface area contributed by atoms with Gasteiger partial charge in [-0.2, -0.15) is 0 Å². The highest BCUT2D eigenvalue weighted by atomic mass is 32.2. The zero-order valence-electron chi connectivity index (χ0n) is 10.8. The van der Waals surface area contributed by atoms with Crippen LogP contribution in [0.4, 0.5) is 5.69 Å². The number of thiazole rings is 1. The molecule has 0 aliphatic carbocycles. The first kappa shape index (κ1) is 13.8. The highest BCUT2D eigenvalue weighted by molar-refractivity contribution is 8.01. The molecule has 7 heteroatoms. The molecule has 2 aromatic rings. The lowest BCUT2D eigenvalue weighted by molar-refractivity contribution is -0.384. The molecule has 1 fully saturated rings. The van der Waals surface area contributed by atoms with Crippen molar-refractivity contribution in [1.29, 1.82) is 0 Å². The van der Waals surface area contributed by atoms with Gasteiger partial charge in [0.1, 0.15) is 0 Å². The summed E-state index contributed by atoms with van der Waals surface area (Å²) in [5.41, 5.74) is 0.945. The van der Waals surface area contributed by atoms with E-state index in [4.69, 9.17) is 4.74 Å². The van der Waals surface area contributed by atoms with E-state index in [2.05, 4.69) is 4.98 Å². The molecule has 20 heavy (non-hydrogen) atoms. The van der Waals surface area contributed by atoms with E-state index in [1.165, 1.54) is 23.8 Å². The fourth-order valence-electron chi connectivity index (χ4n) is 2.17. The van der Waals surface area contributed by atoms with Gasteiger partial charge in [-0.05, 0) is 25.3 Å². The summed E-state index contributed by atoms with van der Waals surface area (Å²) in [5, 5.41) is 10.8. The van der Waals surface area contributed by atoms with Gasteiger partial charge in [0.25, 0.3) is 5.69 Å². The van der Waals surface area contributed by atoms with Crippen LogP contribution in [0.1, 0.15) is 19.3 Å². The number of nitrogens with zero attached hydrogens (tertiary/aromatic N) is 2. The van der Waals surface area contributed by atoms with E-state index in [1.54, 1.807) is 23.9 Å². The Balaban J connectivity index is 1.70. The van der Waals surface area contributed by atoms with Crippen LogP contribution in [-0.2, 0) is 4.74 Å².